The van der Waals surface area contributed by atoms with E-state index in [9.17, 15) is 4.79 Å². The molecule has 0 aromatic heterocycles. The van der Waals surface area contributed by atoms with Crippen LogP contribution < -0.4 is 10.6 Å². The van der Waals surface area contributed by atoms with Crippen LogP contribution in [0.2, 0.25) is 0 Å². The fourth-order valence-corrected chi connectivity index (χ4v) is 2.76. The van der Waals surface area contributed by atoms with Crippen molar-refractivity contribution in [1.82, 2.24) is 10.6 Å². The predicted molar refractivity (Wildman–Crippen MR) is 66.7 cm³/mol. The first kappa shape index (κ1) is 12.8. The second-order valence-electron chi connectivity index (χ2n) is 5.27. The van der Waals surface area contributed by atoms with E-state index >= 15 is 0 Å². The third kappa shape index (κ3) is 3.68. The molecule has 2 N–H and O–H groups in total. The summed E-state index contributed by atoms with van der Waals surface area (Å²) in [6.07, 6.45) is 4.11. The zero-order valence-electron chi connectivity index (χ0n) is 10.7. The van der Waals surface area contributed by atoms with E-state index in [1.807, 2.05) is 0 Å². The number of hydrogen-bond acceptors (Lipinski definition) is 3. The van der Waals surface area contributed by atoms with E-state index in [0.717, 1.165) is 52.0 Å². The van der Waals surface area contributed by atoms with Crippen LogP contribution in [0.3, 0.4) is 0 Å². The zero-order chi connectivity index (χ0) is 12.1. The van der Waals surface area contributed by atoms with E-state index in [-0.39, 0.29) is 11.8 Å². The Morgan fingerprint density at radius 3 is 2.53 bits per heavy atom. The minimum Gasteiger partial charge on any atom is -0.381 e. The van der Waals surface area contributed by atoms with Gasteiger partial charge in [0.2, 0.25) is 5.91 Å². The lowest BCUT2D eigenvalue weighted by Gasteiger charge is -2.30. The first-order valence-electron chi connectivity index (χ1n) is 6.86. The first-order valence-corrected chi connectivity index (χ1v) is 6.86. The Labute approximate surface area is 103 Å². The van der Waals surface area contributed by atoms with Crippen LogP contribution in [0.4, 0.5) is 0 Å². The van der Waals surface area contributed by atoms with Crippen molar-refractivity contribution in [1.29, 1.82) is 0 Å². The molecule has 0 saturated carbocycles. The largest absolute Gasteiger partial charge is 0.381 e. The van der Waals surface area contributed by atoms with E-state index in [4.69, 9.17) is 4.74 Å². The first-order chi connectivity index (χ1) is 8.27. The maximum absolute atomic E-state index is 12.1. The molecule has 2 aliphatic heterocycles. The molecule has 0 spiro atoms. The summed E-state index contributed by atoms with van der Waals surface area (Å²) >= 11 is 0. The summed E-state index contributed by atoms with van der Waals surface area (Å²) in [4.78, 5) is 12.1. The van der Waals surface area contributed by atoms with Gasteiger partial charge in [-0.3, -0.25) is 4.79 Å². The highest BCUT2D eigenvalue weighted by atomic mass is 16.5. The SMILES string of the molecule is CC(NC(=O)C1CCNCC1)C1CCOCC1. The van der Waals surface area contributed by atoms with Crippen molar-refractivity contribution in [2.75, 3.05) is 26.3 Å². The lowest BCUT2D eigenvalue weighted by atomic mass is 9.91. The number of piperidine rings is 1. The molecule has 2 fully saturated rings. The van der Waals surface area contributed by atoms with Gasteiger partial charge in [-0.1, -0.05) is 0 Å². The van der Waals surface area contributed by atoms with E-state index in [0.29, 0.717) is 12.0 Å². The molecule has 1 amide bonds. The molecule has 0 aliphatic carbocycles. The van der Waals surface area contributed by atoms with Crippen molar-refractivity contribution < 1.29 is 9.53 Å². The molecule has 0 radical (unpaired) electrons. The fourth-order valence-electron chi connectivity index (χ4n) is 2.76. The Morgan fingerprint density at radius 2 is 1.88 bits per heavy atom. The summed E-state index contributed by atoms with van der Waals surface area (Å²) in [6, 6.07) is 0.293. The van der Waals surface area contributed by atoms with Crippen molar-refractivity contribution in [2.45, 2.75) is 38.6 Å². The Balaban J connectivity index is 1.76. The van der Waals surface area contributed by atoms with E-state index in [2.05, 4.69) is 17.6 Å². The monoisotopic (exact) mass is 240 g/mol. The molecule has 0 bridgehead atoms. The molecule has 2 aliphatic rings. The normalized spacial score (nSPS) is 25.5. The third-order valence-electron chi connectivity index (χ3n) is 4.05. The molecule has 17 heavy (non-hydrogen) atoms. The minimum atomic E-state index is 0.221. The van der Waals surface area contributed by atoms with Crippen molar-refractivity contribution in [3.8, 4) is 0 Å². The smallest absolute Gasteiger partial charge is 0.223 e. The van der Waals surface area contributed by atoms with E-state index in [1.54, 1.807) is 0 Å². The molecule has 2 saturated heterocycles. The number of nitrogens with one attached hydrogen (secondary N) is 2. The molecule has 0 aromatic rings. The van der Waals surface area contributed by atoms with Crippen molar-refractivity contribution in [2.24, 2.45) is 11.8 Å². The molecule has 2 rings (SSSR count). The van der Waals surface area contributed by atoms with Gasteiger partial charge in [0, 0.05) is 25.2 Å². The van der Waals surface area contributed by atoms with Crippen LogP contribution in [0.15, 0.2) is 0 Å². The molecule has 0 aromatic carbocycles. The van der Waals surface area contributed by atoms with Gasteiger partial charge in [-0.25, -0.2) is 0 Å². The molecule has 98 valence electrons. The van der Waals surface area contributed by atoms with Crippen LogP contribution in [0, 0.1) is 11.8 Å². The van der Waals surface area contributed by atoms with Gasteiger partial charge in [0.1, 0.15) is 0 Å². The third-order valence-corrected chi connectivity index (χ3v) is 4.05. The van der Waals surface area contributed by atoms with Crippen LogP contribution in [0.1, 0.15) is 32.6 Å². The van der Waals surface area contributed by atoms with Crippen LogP contribution in [-0.2, 0) is 9.53 Å². The number of rotatable bonds is 3. The second kappa shape index (κ2) is 6.36. The average Bonchev–Trinajstić information content (AvgIpc) is 2.40. The Morgan fingerprint density at radius 1 is 1.24 bits per heavy atom. The van der Waals surface area contributed by atoms with Gasteiger partial charge in [0.25, 0.3) is 0 Å². The molecule has 2 heterocycles. The molecule has 4 nitrogen and oxygen atoms in total. The van der Waals surface area contributed by atoms with Crippen molar-refractivity contribution in [3.05, 3.63) is 0 Å². The molecule has 1 unspecified atom stereocenters. The average molecular weight is 240 g/mol. The Kier molecular flexibility index (Phi) is 4.80. The maximum Gasteiger partial charge on any atom is 0.223 e. The highest BCUT2D eigenvalue weighted by molar-refractivity contribution is 5.79. The zero-order valence-corrected chi connectivity index (χ0v) is 10.7. The number of ether oxygens (including phenoxy) is 1. The van der Waals surface area contributed by atoms with Gasteiger partial charge in [-0.15, -0.1) is 0 Å². The van der Waals surface area contributed by atoms with Gasteiger partial charge in [0.15, 0.2) is 0 Å². The van der Waals surface area contributed by atoms with Gasteiger partial charge in [-0.05, 0) is 51.6 Å². The van der Waals surface area contributed by atoms with Crippen LogP contribution in [-0.4, -0.2) is 38.3 Å². The standard InChI is InChI=1S/C13H24N2O2/c1-10(11-4-8-17-9-5-11)15-13(16)12-2-6-14-7-3-12/h10-12,14H,2-9H2,1H3,(H,15,16). The van der Waals surface area contributed by atoms with Gasteiger partial charge in [-0.2, -0.15) is 0 Å². The topological polar surface area (TPSA) is 50.4 Å². The van der Waals surface area contributed by atoms with E-state index < -0.39 is 0 Å². The van der Waals surface area contributed by atoms with Crippen LogP contribution in [0.25, 0.3) is 0 Å². The number of carbonyl (C=O) groups excluding carboxylic acids is 1. The van der Waals surface area contributed by atoms with Gasteiger partial charge < -0.3 is 15.4 Å². The summed E-state index contributed by atoms with van der Waals surface area (Å²) in [5, 5.41) is 6.49. The quantitative estimate of drug-likeness (QED) is 0.771. The van der Waals surface area contributed by atoms with Gasteiger partial charge >= 0.3 is 0 Å². The van der Waals surface area contributed by atoms with Crippen LogP contribution in [0.5, 0.6) is 0 Å². The van der Waals surface area contributed by atoms with Crippen molar-refractivity contribution >= 4 is 5.91 Å². The second-order valence-corrected chi connectivity index (χ2v) is 5.27. The van der Waals surface area contributed by atoms with E-state index in [1.165, 1.54) is 0 Å². The lowest BCUT2D eigenvalue weighted by Crippen LogP contribution is -2.45. The summed E-state index contributed by atoms with van der Waals surface area (Å²) in [6.45, 7) is 5.78. The highest BCUT2D eigenvalue weighted by Gasteiger charge is 2.26. The number of hydrogen-bond donors (Lipinski definition) is 2. The summed E-state index contributed by atoms with van der Waals surface area (Å²) in [5.74, 6) is 1.07. The lowest BCUT2D eigenvalue weighted by molar-refractivity contribution is -0.127. The van der Waals surface area contributed by atoms with Gasteiger partial charge in [0.05, 0.1) is 0 Å². The summed E-state index contributed by atoms with van der Waals surface area (Å²) < 4.78 is 5.35. The summed E-state index contributed by atoms with van der Waals surface area (Å²) in [7, 11) is 0. The highest BCUT2D eigenvalue weighted by Crippen LogP contribution is 2.19. The number of carbonyl (C=O) groups is 1. The molecule has 4 heteroatoms. The van der Waals surface area contributed by atoms with Crippen LogP contribution >= 0.6 is 0 Å². The maximum atomic E-state index is 12.1. The molecular weight excluding hydrogens is 216 g/mol. The fraction of sp³-hybridized carbons (Fsp3) is 0.923. The Hall–Kier alpha value is -0.610. The molecular formula is C13H24N2O2. The predicted octanol–water partition coefficient (Wildman–Crippen LogP) is 0.917. The summed E-state index contributed by atoms with van der Waals surface area (Å²) in [5.41, 5.74) is 0. The van der Waals surface area contributed by atoms with Crippen molar-refractivity contribution in [3.63, 3.8) is 0 Å². The number of amides is 1. The Bertz CT molecular complexity index is 246. The molecule has 1 atom stereocenters. The minimum absolute atomic E-state index is 0.221.